The van der Waals surface area contributed by atoms with Gasteiger partial charge in [0.25, 0.3) is 0 Å². The van der Waals surface area contributed by atoms with E-state index in [2.05, 4.69) is 40.8 Å². The molecule has 1 aromatic rings. The molecule has 4 rings (SSSR count). The van der Waals surface area contributed by atoms with Crippen LogP contribution in [0.2, 0.25) is 18.1 Å². The van der Waals surface area contributed by atoms with E-state index in [1.165, 1.54) is 4.31 Å². The third-order valence-electron chi connectivity index (χ3n) is 9.77. The van der Waals surface area contributed by atoms with Gasteiger partial charge in [0.1, 0.15) is 11.6 Å². The van der Waals surface area contributed by atoms with Crippen molar-refractivity contribution in [1.29, 1.82) is 0 Å². The fraction of sp³-hybridized carbons (Fsp3) is 0.724. The van der Waals surface area contributed by atoms with Crippen LogP contribution in [0.25, 0.3) is 0 Å². The molecule has 1 heterocycles. The molecule has 0 spiro atoms. The highest BCUT2D eigenvalue weighted by molar-refractivity contribution is 7.89. The van der Waals surface area contributed by atoms with Crippen molar-refractivity contribution in [3.63, 3.8) is 0 Å². The standard InChI is InChI=1S/C29H45NO5SSi/c1-20-8-10-25(11-9-20)36(33,34)30-13-12-26(32)22(19-30)17-29-18-24(31)16-23(29)14-21(2)15-27(29)35-37(6,7)28(3,4)5/h8-11,21-23,27H,12-19H2,1-7H3/t21-,22-,23+,27-,29-/m1/s1. The van der Waals surface area contributed by atoms with Crippen LogP contribution in [0.5, 0.6) is 0 Å². The Hall–Kier alpha value is -1.35. The van der Waals surface area contributed by atoms with Gasteiger partial charge in [0.2, 0.25) is 10.0 Å². The van der Waals surface area contributed by atoms with Gasteiger partial charge in [-0.1, -0.05) is 45.4 Å². The zero-order valence-electron chi connectivity index (χ0n) is 23.7. The first-order chi connectivity index (χ1) is 17.0. The molecule has 0 bridgehead atoms. The molecule has 2 saturated carbocycles. The van der Waals surface area contributed by atoms with Crippen LogP contribution in [0.4, 0.5) is 0 Å². The highest BCUT2D eigenvalue weighted by Gasteiger charge is 2.58. The van der Waals surface area contributed by atoms with Gasteiger partial charge in [-0.3, -0.25) is 9.59 Å². The molecule has 0 aromatic heterocycles. The molecule has 0 amide bonds. The molecule has 2 aliphatic carbocycles. The van der Waals surface area contributed by atoms with Crippen molar-refractivity contribution in [1.82, 2.24) is 4.31 Å². The maximum absolute atomic E-state index is 13.5. The third kappa shape index (κ3) is 5.54. The summed E-state index contributed by atoms with van der Waals surface area (Å²) in [5.41, 5.74) is 0.608. The lowest BCUT2D eigenvalue weighted by atomic mass is 9.59. The third-order valence-corrected chi connectivity index (χ3v) is 16.1. The number of piperidine rings is 1. The molecule has 8 heteroatoms. The number of aryl methyl sites for hydroxylation is 1. The first-order valence-corrected chi connectivity index (χ1v) is 18.2. The molecule has 0 N–H and O–H groups in total. The Balaban J connectivity index is 1.64. The van der Waals surface area contributed by atoms with Crippen molar-refractivity contribution in [2.75, 3.05) is 13.1 Å². The van der Waals surface area contributed by atoms with Crippen LogP contribution in [-0.4, -0.2) is 51.8 Å². The molecule has 1 aromatic carbocycles. The number of benzene rings is 1. The van der Waals surface area contributed by atoms with Crippen LogP contribution in [-0.2, 0) is 24.0 Å². The van der Waals surface area contributed by atoms with Crippen molar-refractivity contribution in [2.45, 2.75) is 102 Å². The smallest absolute Gasteiger partial charge is 0.243 e. The van der Waals surface area contributed by atoms with Crippen molar-refractivity contribution in [3.05, 3.63) is 29.8 Å². The number of carbonyl (C=O) groups excluding carboxylic acids is 2. The summed E-state index contributed by atoms with van der Waals surface area (Å²) >= 11 is 0. The minimum Gasteiger partial charge on any atom is -0.413 e. The van der Waals surface area contributed by atoms with Crippen LogP contribution >= 0.6 is 0 Å². The molecular formula is C29H45NO5SSi. The fourth-order valence-corrected chi connectivity index (χ4v) is 9.48. The highest BCUT2D eigenvalue weighted by atomic mass is 32.2. The average molecular weight is 548 g/mol. The van der Waals surface area contributed by atoms with Gasteiger partial charge >= 0.3 is 0 Å². The fourth-order valence-electron chi connectivity index (χ4n) is 6.60. The number of ketones is 2. The Morgan fingerprint density at radius 1 is 1.11 bits per heavy atom. The minimum absolute atomic E-state index is 0.0343. The highest BCUT2D eigenvalue weighted by Crippen LogP contribution is 2.58. The Morgan fingerprint density at radius 2 is 1.76 bits per heavy atom. The predicted octanol–water partition coefficient (Wildman–Crippen LogP) is 5.75. The second-order valence-corrected chi connectivity index (χ2v) is 20.3. The summed E-state index contributed by atoms with van der Waals surface area (Å²) in [4.78, 5) is 26.5. The van der Waals surface area contributed by atoms with Gasteiger partial charge in [-0.05, 0) is 68.3 Å². The SMILES string of the molecule is Cc1ccc(S(=O)(=O)N2CCC(=O)[C@H](C[C@@]34CC(=O)C[C@@H]3C[C@@H](C)C[C@H]4O[Si](C)(C)C(C)(C)C)C2)cc1. The Morgan fingerprint density at radius 3 is 2.38 bits per heavy atom. The summed E-state index contributed by atoms with van der Waals surface area (Å²) in [6, 6.07) is 6.90. The monoisotopic (exact) mass is 547 g/mol. The van der Waals surface area contributed by atoms with Crippen LogP contribution in [0, 0.1) is 30.1 Å². The normalized spacial score (nSPS) is 32.0. The van der Waals surface area contributed by atoms with Crippen LogP contribution in [0.15, 0.2) is 29.2 Å². The molecule has 0 radical (unpaired) electrons. The van der Waals surface area contributed by atoms with Gasteiger partial charge in [-0.15, -0.1) is 0 Å². The van der Waals surface area contributed by atoms with E-state index in [1.54, 1.807) is 24.3 Å². The molecule has 0 unspecified atom stereocenters. The number of nitrogens with zero attached hydrogens (tertiary/aromatic N) is 1. The van der Waals surface area contributed by atoms with Gasteiger partial charge in [0.15, 0.2) is 8.32 Å². The summed E-state index contributed by atoms with van der Waals surface area (Å²) in [5.74, 6) is 0.610. The molecule has 3 aliphatic rings. The molecule has 5 atom stereocenters. The van der Waals surface area contributed by atoms with Crippen LogP contribution < -0.4 is 0 Å². The van der Waals surface area contributed by atoms with Crippen molar-refractivity contribution in [3.8, 4) is 0 Å². The summed E-state index contributed by atoms with van der Waals surface area (Å²) in [6.07, 6.45) is 3.53. The van der Waals surface area contributed by atoms with Crippen molar-refractivity contribution in [2.24, 2.45) is 23.2 Å². The van der Waals surface area contributed by atoms with E-state index in [-0.39, 0.29) is 53.0 Å². The number of rotatable bonds is 6. The van der Waals surface area contributed by atoms with Crippen molar-refractivity contribution >= 4 is 29.9 Å². The van der Waals surface area contributed by atoms with Gasteiger partial charge in [-0.25, -0.2) is 8.42 Å². The molecule has 3 fully saturated rings. The van der Waals surface area contributed by atoms with Crippen LogP contribution in [0.3, 0.4) is 0 Å². The quantitative estimate of drug-likeness (QED) is 0.424. The number of carbonyl (C=O) groups is 2. The summed E-state index contributed by atoms with van der Waals surface area (Å²) in [6.45, 7) is 15.8. The Kier molecular flexibility index (Phi) is 7.74. The van der Waals surface area contributed by atoms with Gasteiger partial charge in [0, 0.05) is 43.7 Å². The van der Waals surface area contributed by atoms with Gasteiger partial charge < -0.3 is 4.43 Å². The Labute approximate surface area is 224 Å². The van der Waals surface area contributed by atoms with Gasteiger partial charge in [0.05, 0.1) is 11.0 Å². The van der Waals surface area contributed by atoms with Crippen molar-refractivity contribution < 1.29 is 22.4 Å². The summed E-state index contributed by atoms with van der Waals surface area (Å²) < 4.78 is 35.5. The number of hydrogen-bond acceptors (Lipinski definition) is 5. The molecule has 6 nitrogen and oxygen atoms in total. The topological polar surface area (TPSA) is 80.8 Å². The zero-order chi connectivity index (χ0) is 27.4. The van der Waals surface area contributed by atoms with E-state index >= 15 is 0 Å². The van der Waals surface area contributed by atoms with E-state index in [0.29, 0.717) is 25.2 Å². The van der Waals surface area contributed by atoms with E-state index < -0.39 is 29.7 Å². The van der Waals surface area contributed by atoms with E-state index in [1.807, 2.05) is 6.92 Å². The molecule has 206 valence electrons. The van der Waals surface area contributed by atoms with Gasteiger partial charge in [-0.2, -0.15) is 4.31 Å². The second-order valence-electron chi connectivity index (χ2n) is 13.6. The van der Waals surface area contributed by atoms with E-state index in [4.69, 9.17) is 4.43 Å². The average Bonchev–Trinajstić information content (AvgIpc) is 3.10. The largest absolute Gasteiger partial charge is 0.413 e. The lowest BCUT2D eigenvalue weighted by Crippen LogP contribution is -2.55. The summed E-state index contributed by atoms with van der Waals surface area (Å²) in [7, 11) is -5.82. The van der Waals surface area contributed by atoms with Crippen LogP contribution in [0.1, 0.15) is 71.8 Å². The summed E-state index contributed by atoms with van der Waals surface area (Å²) in [5, 5.41) is 0.0343. The van der Waals surface area contributed by atoms with E-state index in [0.717, 1.165) is 18.4 Å². The zero-order valence-corrected chi connectivity index (χ0v) is 25.5. The molecule has 1 aliphatic heterocycles. The maximum atomic E-state index is 13.5. The predicted molar refractivity (Wildman–Crippen MR) is 148 cm³/mol. The minimum atomic E-state index is -3.69. The second kappa shape index (κ2) is 9.99. The number of Topliss-reactive ketones (excluding diaryl/α,β-unsaturated/α-hetero) is 2. The molecular weight excluding hydrogens is 502 g/mol. The lowest BCUT2D eigenvalue weighted by Gasteiger charge is -2.53. The molecule has 1 saturated heterocycles. The lowest BCUT2D eigenvalue weighted by molar-refractivity contribution is -0.130. The Bertz CT molecular complexity index is 1140. The first-order valence-electron chi connectivity index (χ1n) is 13.8. The van der Waals surface area contributed by atoms with E-state index in [9.17, 15) is 18.0 Å². The first kappa shape index (κ1) is 28.6. The number of sulfonamides is 1. The maximum Gasteiger partial charge on any atom is 0.243 e. The molecule has 37 heavy (non-hydrogen) atoms. The number of fused-ring (bicyclic) bond motifs is 1. The number of hydrogen-bond donors (Lipinski definition) is 0.